The van der Waals surface area contributed by atoms with E-state index in [1.807, 2.05) is 12.3 Å². The number of hydrogen-bond acceptors (Lipinski definition) is 1. The Balaban J connectivity index is 2.41. The van der Waals surface area contributed by atoms with Gasteiger partial charge in [-0.05, 0) is 44.9 Å². The fraction of sp³-hybridized carbons (Fsp3) is 0. The number of aromatic nitrogens is 2. The summed E-state index contributed by atoms with van der Waals surface area (Å²) >= 11 is 3.64. The van der Waals surface area contributed by atoms with E-state index in [1.165, 1.54) is 21.5 Å². The van der Waals surface area contributed by atoms with Crippen LogP contribution in [0.2, 0.25) is 0 Å². The van der Waals surface area contributed by atoms with Crippen molar-refractivity contribution in [2.24, 2.45) is 0 Å². The lowest BCUT2D eigenvalue weighted by Crippen LogP contribution is -1.76. The van der Waals surface area contributed by atoms with Crippen molar-refractivity contribution < 1.29 is 0 Å². The van der Waals surface area contributed by atoms with E-state index >= 15 is 0 Å². The Hall–Kier alpha value is -1.87. The van der Waals surface area contributed by atoms with Crippen LogP contribution in [0, 0.1) is 0 Å². The van der Waals surface area contributed by atoms with Crippen molar-refractivity contribution in [3.63, 3.8) is 0 Å². The number of benzene rings is 2. The molecule has 2 aromatic heterocycles. The van der Waals surface area contributed by atoms with E-state index in [2.05, 4.69) is 62.3 Å². The van der Waals surface area contributed by atoms with Gasteiger partial charge in [0.25, 0.3) is 0 Å². The van der Waals surface area contributed by atoms with Gasteiger partial charge in [-0.15, -0.1) is 0 Å². The summed E-state index contributed by atoms with van der Waals surface area (Å²) in [6, 6.07) is 14.7. The second kappa shape index (κ2) is 3.56. The molecular formula is C15H9BrN2. The molecule has 0 bridgehead atoms. The Morgan fingerprint density at radius 2 is 1.83 bits per heavy atom. The third-order valence-electron chi connectivity index (χ3n) is 3.32. The second-order valence-corrected chi connectivity index (χ2v) is 5.21. The summed E-state index contributed by atoms with van der Waals surface area (Å²) in [5.41, 5.74) is 2.05. The highest BCUT2D eigenvalue weighted by molar-refractivity contribution is 9.10. The number of nitrogens with zero attached hydrogens (tertiary/aromatic N) is 1. The normalized spacial score (nSPS) is 11.6. The number of aromatic amines is 1. The van der Waals surface area contributed by atoms with Crippen LogP contribution in [-0.2, 0) is 0 Å². The van der Waals surface area contributed by atoms with E-state index in [9.17, 15) is 0 Å². The summed E-state index contributed by atoms with van der Waals surface area (Å²) in [6.45, 7) is 0. The predicted octanol–water partition coefficient (Wildman–Crippen LogP) is 4.63. The van der Waals surface area contributed by atoms with Crippen molar-refractivity contribution in [1.82, 2.24) is 9.97 Å². The number of hydrogen-bond donors (Lipinski definition) is 1. The number of pyridine rings is 1. The highest BCUT2D eigenvalue weighted by atomic mass is 79.9. The summed E-state index contributed by atoms with van der Waals surface area (Å²) in [5, 5.41) is 4.91. The molecule has 0 fully saturated rings. The molecule has 0 saturated heterocycles. The third-order valence-corrected chi connectivity index (χ3v) is 3.95. The Kier molecular flexibility index (Phi) is 2.00. The lowest BCUT2D eigenvalue weighted by Gasteiger charge is -2.02. The number of nitrogens with one attached hydrogen (secondary N) is 1. The molecule has 0 amide bonds. The van der Waals surface area contributed by atoms with Crippen molar-refractivity contribution in [2.45, 2.75) is 0 Å². The van der Waals surface area contributed by atoms with Gasteiger partial charge in [0.05, 0.1) is 5.52 Å². The zero-order valence-electron chi connectivity index (χ0n) is 9.44. The maximum atomic E-state index is 4.39. The van der Waals surface area contributed by atoms with Gasteiger partial charge in [0.15, 0.2) is 0 Å². The highest BCUT2D eigenvalue weighted by Crippen LogP contribution is 2.35. The van der Waals surface area contributed by atoms with E-state index < -0.39 is 0 Å². The molecule has 2 aromatic carbocycles. The zero-order valence-corrected chi connectivity index (χ0v) is 11.0. The van der Waals surface area contributed by atoms with Crippen LogP contribution in [0.4, 0.5) is 0 Å². The summed E-state index contributed by atoms with van der Waals surface area (Å²) in [5.74, 6) is 0. The van der Waals surface area contributed by atoms with Crippen LogP contribution >= 0.6 is 15.9 Å². The Bertz CT molecular complexity index is 893. The summed E-state index contributed by atoms with van der Waals surface area (Å²) in [4.78, 5) is 7.77. The Labute approximate surface area is 112 Å². The van der Waals surface area contributed by atoms with E-state index in [-0.39, 0.29) is 0 Å². The molecule has 3 heteroatoms. The molecular weight excluding hydrogens is 288 g/mol. The fourth-order valence-corrected chi connectivity index (χ4v) is 3.08. The molecule has 0 radical (unpaired) electrons. The minimum Gasteiger partial charge on any atom is -0.338 e. The average molecular weight is 297 g/mol. The molecule has 4 aromatic rings. The van der Waals surface area contributed by atoms with Crippen molar-refractivity contribution in [3.05, 3.63) is 53.1 Å². The van der Waals surface area contributed by atoms with Crippen LogP contribution in [0.3, 0.4) is 0 Å². The molecule has 0 aliphatic heterocycles. The smallest absolute Gasteiger partial charge is 0.138 e. The van der Waals surface area contributed by atoms with Crippen molar-refractivity contribution in [2.75, 3.05) is 0 Å². The molecule has 0 atom stereocenters. The van der Waals surface area contributed by atoms with Crippen LogP contribution in [-0.4, -0.2) is 9.97 Å². The quantitative estimate of drug-likeness (QED) is 0.503. The maximum absolute atomic E-state index is 4.39. The largest absolute Gasteiger partial charge is 0.338 e. The van der Waals surface area contributed by atoms with Gasteiger partial charge in [-0.3, -0.25) is 0 Å². The first-order chi connectivity index (χ1) is 8.84. The minimum absolute atomic E-state index is 0.935. The maximum Gasteiger partial charge on any atom is 0.138 e. The van der Waals surface area contributed by atoms with E-state index in [0.29, 0.717) is 0 Å². The first-order valence-electron chi connectivity index (χ1n) is 5.78. The lowest BCUT2D eigenvalue weighted by atomic mass is 10.0. The highest BCUT2D eigenvalue weighted by Gasteiger charge is 2.11. The van der Waals surface area contributed by atoms with Crippen molar-refractivity contribution >= 4 is 48.6 Å². The topological polar surface area (TPSA) is 28.7 Å². The lowest BCUT2D eigenvalue weighted by molar-refractivity contribution is 1.35. The van der Waals surface area contributed by atoms with Crippen molar-refractivity contribution in [1.29, 1.82) is 0 Å². The monoisotopic (exact) mass is 296 g/mol. The zero-order chi connectivity index (χ0) is 12.1. The molecule has 0 spiro atoms. The van der Waals surface area contributed by atoms with Crippen LogP contribution in [0.25, 0.3) is 32.7 Å². The van der Waals surface area contributed by atoms with Gasteiger partial charge in [-0.1, -0.05) is 24.3 Å². The van der Waals surface area contributed by atoms with Crippen molar-refractivity contribution in [3.8, 4) is 0 Å². The number of halogens is 1. The SMILES string of the molecule is Brc1cc2ccccc2c2c1[nH]c1ncccc12. The second-order valence-electron chi connectivity index (χ2n) is 4.35. The van der Waals surface area contributed by atoms with Gasteiger partial charge in [-0.25, -0.2) is 4.98 Å². The fourth-order valence-electron chi connectivity index (χ4n) is 2.54. The standard InChI is InChI=1S/C15H9BrN2/c16-12-8-9-4-1-2-5-10(9)13-11-6-3-7-17-15(11)18-14(12)13/h1-8H,(H,17,18). The van der Waals surface area contributed by atoms with Gasteiger partial charge in [0.1, 0.15) is 5.65 Å². The van der Waals surface area contributed by atoms with Crippen LogP contribution < -0.4 is 0 Å². The first-order valence-corrected chi connectivity index (χ1v) is 6.57. The molecule has 0 saturated carbocycles. The van der Waals surface area contributed by atoms with Crippen LogP contribution in [0.5, 0.6) is 0 Å². The molecule has 86 valence electrons. The average Bonchev–Trinajstić information content (AvgIpc) is 2.79. The Morgan fingerprint density at radius 1 is 1.00 bits per heavy atom. The Morgan fingerprint density at radius 3 is 2.78 bits per heavy atom. The summed E-state index contributed by atoms with van der Waals surface area (Å²) < 4.78 is 1.08. The molecule has 0 aliphatic carbocycles. The summed E-state index contributed by atoms with van der Waals surface area (Å²) in [7, 11) is 0. The minimum atomic E-state index is 0.935. The molecule has 0 aliphatic rings. The molecule has 2 heterocycles. The number of fused-ring (bicyclic) bond motifs is 5. The van der Waals surface area contributed by atoms with Gasteiger partial charge in [-0.2, -0.15) is 0 Å². The molecule has 18 heavy (non-hydrogen) atoms. The molecule has 2 nitrogen and oxygen atoms in total. The van der Waals surface area contributed by atoms with Gasteiger partial charge < -0.3 is 4.98 Å². The third kappa shape index (κ3) is 1.25. The van der Waals surface area contributed by atoms with E-state index in [0.717, 1.165) is 15.6 Å². The van der Waals surface area contributed by atoms with Crippen LogP contribution in [0.1, 0.15) is 0 Å². The molecule has 4 rings (SSSR count). The van der Waals surface area contributed by atoms with E-state index in [1.54, 1.807) is 0 Å². The van der Waals surface area contributed by atoms with Gasteiger partial charge in [0.2, 0.25) is 0 Å². The van der Waals surface area contributed by atoms with Gasteiger partial charge in [0, 0.05) is 21.4 Å². The van der Waals surface area contributed by atoms with Gasteiger partial charge >= 0.3 is 0 Å². The number of H-pyrrole nitrogens is 1. The van der Waals surface area contributed by atoms with E-state index in [4.69, 9.17) is 0 Å². The predicted molar refractivity (Wildman–Crippen MR) is 78.8 cm³/mol. The molecule has 1 N–H and O–H groups in total. The van der Waals surface area contributed by atoms with Crippen LogP contribution in [0.15, 0.2) is 53.1 Å². The first kappa shape index (κ1) is 10.1. The number of rotatable bonds is 0. The molecule has 0 unspecified atom stereocenters. The summed E-state index contributed by atoms with van der Waals surface area (Å²) in [6.07, 6.45) is 1.81.